The number of rotatable bonds is 2. The Kier molecular flexibility index (Phi) is 3.29. The number of nitrogens with two attached hydrogens (primary N) is 1. The zero-order valence-corrected chi connectivity index (χ0v) is 9.19. The SMILES string of the molecule is NC(=O)Oc1ccc(N2CCCCC2)cc1. The Morgan fingerprint density at radius 2 is 1.75 bits per heavy atom. The Labute approximate surface area is 95.0 Å². The second-order valence-electron chi connectivity index (χ2n) is 3.96. The summed E-state index contributed by atoms with van der Waals surface area (Å²) in [6.45, 7) is 2.21. The maximum Gasteiger partial charge on any atom is 0.409 e. The number of amides is 1. The van der Waals surface area contributed by atoms with E-state index in [1.807, 2.05) is 12.1 Å². The predicted octanol–water partition coefficient (Wildman–Crippen LogP) is 2.13. The number of hydrogen-bond donors (Lipinski definition) is 1. The van der Waals surface area contributed by atoms with Crippen LogP contribution in [-0.2, 0) is 0 Å². The van der Waals surface area contributed by atoms with E-state index in [0.29, 0.717) is 5.75 Å². The summed E-state index contributed by atoms with van der Waals surface area (Å²) in [5.41, 5.74) is 6.11. The van der Waals surface area contributed by atoms with E-state index in [-0.39, 0.29) is 0 Å². The van der Waals surface area contributed by atoms with E-state index in [2.05, 4.69) is 4.90 Å². The van der Waals surface area contributed by atoms with Gasteiger partial charge in [-0.15, -0.1) is 0 Å². The van der Waals surface area contributed by atoms with E-state index in [1.165, 1.54) is 24.9 Å². The van der Waals surface area contributed by atoms with Crippen molar-refractivity contribution in [3.05, 3.63) is 24.3 Å². The fourth-order valence-electron chi connectivity index (χ4n) is 1.99. The Bertz CT molecular complexity index is 356. The minimum absolute atomic E-state index is 0.494. The first kappa shape index (κ1) is 10.8. The van der Waals surface area contributed by atoms with Gasteiger partial charge in [0, 0.05) is 18.8 Å². The molecular formula is C12H16N2O2. The molecule has 2 rings (SSSR count). The summed E-state index contributed by atoms with van der Waals surface area (Å²) >= 11 is 0. The monoisotopic (exact) mass is 220 g/mol. The number of ether oxygens (including phenoxy) is 1. The Morgan fingerprint density at radius 1 is 1.12 bits per heavy atom. The number of carbonyl (C=O) groups excluding carboxylic acids is 1. The van der Waals surface area contributed by atoms with Gasteiger partial charge in [-0.05, 0) is 43.5 Å². The molecule has 4 heteroatoms. The number of benzene rings is 1. The zero-order chi connectivity index (χ0) is 11.4. The molecule has 4 nitrogen and oxygen atoms in total. The third-order valence-corrected chi connectivity index (χ3v) is 2.78. The maximum absolute atomic E-state index is 10.5. The van der Waals surface area contributed by atoms with Crippen LogP contribution >= 0.6 is 0 Å². The van der Waals surface area contributed by atoms with Crippen molar-refractivity contribution in [2.45, 2.75) is 19.3 Å². The first-order valence-electron chi connectivity index (χ1n) is 5.58. The van der Waals surface area contributed by atoms with E-state index in [4.69, 9.17) is 10.5 Å². The third kappa shape index (κ3) is 2.66. The van der Waals surface area contributed by atoms with Gasteiger partial charge in [0.05, 0.1) is 0 Å². The van der Waals surface area contributed by atoms with Gasteiger partial charge in [0.2, 0.25) is 0 Å². The standard InChI is InChI=1S/C12H16N2O2/c13-12(15)16-11-6-4-10(5-7-11)14-8-2-1-3-9-14/h4-7H,1-3,8-9H2,(H2,13,15). The van der Waals surface area contributed by atoms with E-state index < -0.39 is 6.09 Å². The van der Waals surface area contributed by atoms with Crippen LogP contribution in [0.15, 0.2) is 24.3 Å². The molecule has 2 N–H and O–H groups in total. The van der Waals surface area contributed by atoms with Crippen molar-refractivity contribution in [2.75, 3.05) is 18.0 Å². The number of nitrogens with zero attached hydrogens (tertiary/aromatic N) is 1. The van der Waals surface area contributed by atoms with Crippen LogP contribution in [0.1, 0.15) is 19.3 Å². The fourth-order valence-corrected chi connectivity index (χ4v) is 1.99. The number of primary amides is 1. The lowest BCUT2D eigenvalue weighted by Crippen LogP contribution is -2.29. The molecule has 16 heavy (non-hydrogen) atoms. The molecule has 0 unspecified atom stereocenters. The fraction of sp³-hybridized carbons (Fsp3) is 0.417. The highest BCUT2D eigenvalue weighted by atomic mass is 16.5. The summed E-state index contributed by atoms with van der Waals surface area (Å²) < 4.78 is 4.78. The average Bonchev–Trinajstić information content (AvgIpc) is 2.30. The summed E-state index contributed by atoms with van der Waals surface area (Å²) in [6.07, 6.45) is 3.05. The highest BCUT2D eigenvalue weighted by Gasteiger charge is 2.10. The minimum atomic E-state index is -0.772. The lowest BCUT2D eigenvalue weighted by Gasteiger charge is -2.28. The van der Waals surface area contributed by atoms with Crippen LogP contribution in [0.4, 0.5) is 10.5 Å². The van der Waals surface area contributed by atoms with Gasteiger partial charge < -0.3 is 15.4 Å². The summed E-state index contributed by atoms with van der Waals surface area (Å²) in [6, 6.07) is 7.47. The molecule has 86 valence electrons. The van der Waals surface area contributed by atoms with E-state index >= 15 is 0 Å². The number of carbonyl (C=O) groups is 1. The van der Waals surface area contributed by atoms with Crippen molar-refractivity contribution in [2.24, 2.45) is 5.73 Å². The summed E-state index contributed by atoms with van der Waals surface area (Å²) in [7, 11) is 0. The van der Waals surface area contributed by atoms with Gasteiger partial charge in [-0.3, -0.25) is 0 Å². The largest absolute Gasteiger partial charge is 0.411 e. The summed E-state index contributed by atoms with van der Waals surface area (Å²) in [5.74, 6) is 0.494. The van der Waals surface area contributed by atoms with Crippen LogP contribution < -0.4 is 15.4 Å². The molecule has 0 aliphatic carbocycles. The van der Waals surface area contributed by atoms with Crippen molar-refractivity contribution >= 4 is 11.8 Å². The second kappa shape index (κ2) is 4.88. The third-order valence-electron chi connectivity index (χ3n) is 2.78. The second-order valence-corrected chi connectivity index (χ2v) is 3.96. The van der Waals surface area contributed by atoms with Crippen molar-refractivity contribution in [3.8, 4) is 5.75 Å². The molecule has 0 spiro atoms. The van der Waals surface area contributed by atoms with Crippen molar-refractivity contribution in [1.82, 2.24) is 0 Å². The van der Waals surface area contributed by atoms with Gasteiger partial charge in [0.15, 0.2) is 0 Å². The molecule has 1 aliphatic rings. The lowest BCUT2D eigenvalue weighted by atomic mass is 10.1. The number of piperidine rings is 1. The van der Waals surface area contributed by atoms with Crippen LogP contribution in [0.25, 0.3) is 0 Å². The van der Waals surface area contributed by atoms with Gasteiger partial charge in [0.1, 0.15) is 5.75 Å². The Morgan fingerprint density at radius 3 is 2.31 bits per heavy atom. The predicted molar refractivity (Wildman–Crippen MR) is 62.7 cm³/mol. The highest BCUT2D eigenvalue weighted by Crippen LogP contribution is 2.22. The molecule has 0 saturated carbocycles. The van der Waals surface area contributed by atoms with Gasteiger partial charge in [-0.1, -0.05) is 0 Å². The van der Waals surface area contributed by atoms with Gasteiger partial charge in [-0.2, -0.15) is 0 Å². The van der Waals surface area contributed by atoms with Crippen LogP contribution in [0.5, 0.6) is 5.75 Å². The molecule has 1 aliphatic heterocycles. The van der Waals surface area contributed by atoms with Gasteiger partial charge in [0.25, 0.3) is 0 Å². The summed E-state index contributed by atoms with van der Waals surface area (Å²) in [4.78, 5) is 12.9. The summed E-state index contributed by atoms with van der Waals surface area (Å²) in [5, 5.41) is 0. The molecule has 1 saturated heterocycles. The van der Waals surface area contributed by atoms with Crippen LogP contribution in [0.2, 0.25) is 0 Å². The smallest absolute Gasteiger partial charge is 0.409 e. The van der Waals surface area contributed by atoms with Crippen molar-refractivity contribution in [1.29, 1.82) is 0 Å². The molecule has 0 bridgehead atoms. The lowest BCUT2D eigenvalue weighted by molar-refractivity contribution is 0.211. The van der Waals surface area contributed by atoms with Gasteiger partial charge >= 0.3 is 6.09 Å². The van der Waals surface area contributed by atoms with Crippen molar-refractivity contribution in [3.63, 3.8) is 0 Å². The molecule has 1 aromatic rings. The van der Waals surface area contributed by atoms with Crippen LogP contribution in [0.3, 0.4) is 0 Å². The number of hydrogen-bond acceptors (Lipinski definition) is 3. The van der Waals surface area contributed by atoms with E-state index in [9.17, 15) is 4.79 Å². The molecular weight excluding hydrogens is 204 g/mol. The van der Waals surface area contributed by atoms with Gasteiger partial charge in [-0.25, -0.2) is 4.79 Å². The molecule has 1 amide bonds. The molecule has 0 aromatic heterocycles. The van der Waals surface area contributed by atoms with E-state index in [1.54, 1.807) is 12.1 Å². The molecule has 1 heterocycles. The first-order valence-corrected chi connectivity index (χ1v) is 5.58. The molecule has 0 atom stereocenters. The van der Waals surface area contributed by atoms with Crippen molar-refractivity contribution < 1.29 is 9.53 Å². The van der Waals surface area contributed by atoms with Crippen LogP contribution in [0, 0.1) is 0 Å². The van der Waals surface area contributed by atoms with E-state index in [0.717, 1.165) is 13.1 Å². The Balaban J connectivity index is 2.03. The highest BCUT2D eigenvalue weighted by molar-refractivity contribution is 5.68. The zero-order valence-electron chi connectivity index (χ0n) is 9.19. The Hall–Kier alpha value is -1.71. The average molecular weight is 220 g/mol. The normalized spacial score (nSPS) is 15.9. The maximum atomic E-state index is 10.5. The van der Waals surface area contributed by atoms with Crippen LogP contribution in [-0.4, -0.2) is 19.2 Å². The quantitative estimate of drug-likeness (QED) is 0.830. The topological polar surface area (TPSA) is 55.6 Å². The molecule has 0 radical (unpaired) electrons. The first-order chi connectivity index (χ1) is 7.75. The number of anilines is 1. The molecule has 1 fully saturated rings. The minimum Gasteiger partial charge on any atom is -0.411 e. The molecule has 1 aromatic carbocycles.